The van der Waals surface area contributed by atoms with Gasteiger partial charge in [-0.15, -0.1) is 0 Å². The number of hydrogen-bond donors (Lipinski definition) is 0. The van der Waals surface area contributed by atoms with Crippen LogP contribution >= 0.6 is 0 Å². The normalized spacial score (nSPS) is 17.3. The lowest BCUT2D eigenvalue weighted by Gasteiger charge is -2.42. The summed E-state index contributed by atoms with van der Waals surface area (Å²) in [6, 6.07) is 1.98. The third kappa shape index (κ3) is 1.33. The molecule has 0 saturated carbocycles. The Hall–Kier alpha value is -0.930. The van der Waals surface area contributed by atoms with Gasteiger partial charge in [-0.2, -0.15) is 0 Å². The van der Waals surface area contributed by atoms with E-state index in [1.807, 2.05) is 26.1 Å². The average Bonchev–Trinajstić information content (AvgIpc) is 2.17. The lowest BCUT2D eigenvalue weighted by molar-refractivity contribution is -0.256. The molecule has 76 valence electrons. The van der Waals surface area contributed by atoms with E-state index < -0.39 is 5.79 Å². The predicted octanol–water partition coefficient (Wildman–Crippen LogP) is 1.86. The Morgan fingerprint density at radius 1 is 1.36 bits per heavy atom. The first-order chi connectivity index (χ1) is 6.82. The minimum Gasteiger partial charge on any atom is -0.346 e. The first-order valence-electron chi connectivity index (χ1n) is 5.03. The first kappa shape index (κ1) is 9.62. The molecule has 0 N–H and O–H groups in total. The molecule has 1 aliphatic carbocycles. The Bertz CT molecular complexity index is 319. The number of nitrogens with zero attached hydrogens (tertiary/aromatic N) is 1. The second-order valence-corrected chi connectivity index (χ2v) is 3.33. The molecule has 1 aromatic heterocycles. The molecule has 1 aromatic rings. The van der Waals surface area contributed by atoms with Gasteiger partial charge in [-0.05, 0) is 25.5 Å². The van der Waals surface area contributed by atoms with E-state index >= 15 is 0 Å². The topological polar surface area (TPSA) is 31.4 Å². The van der Waals surface area contributed by atoms with E-state index in [0.717, 1.165) is 12.0 Å². The van der Waals surface area contributed by atoms with Gasteiger partial charge in [0, 0.05) is 37.6 Å². The fourth-order valence-corrected chi connectivity index (χ4v) is 1.94. The van der Waals surface area contributed by atoms with E-state index in [1.165, 1.54) is 5.56 Å². The van der Waals surface area contributed by atoms with Crippen LogP contribution in [0.2, 0.25) is 0 Å². The largest absolute Gasteiger partial charge is 0.346 e. The highest BCUT2D eigenvalue weighted by Crippen LogP contribution is 2.42. The van der Waals surface area contributed by atoms with Gasteiger partial charge in [0.2, 0.25) is 0 Å². The van der Waals surface area contributed by atoms with Crippen LogP contribution in [-0.2, 0) is 21.7 Å². The van der Waals surface area contributed by atoms with E-state index in [2.05, 4.69) is 4.98 Å². The van der Waals surface area contributed by atoms with Crippen LogP contribution in [0.15, 0.2) is 18.5 Å². The summed E-state index contributed by atoms with van der Waals surface area (Å²) < 4.78 is 11.4. The maximum absolute atomic E-state index is 5.68. The van der Waals surface area contributed by atoms with Crippen molar-refractivity contribution in [1.82, 2.24) is 4.98 Å². The fraction of sp³-hybridized carbons (Fsp3) is 0.545. The van der Waals surface area contributed by atoms with Crippen LogP contribution < -0.4 is 0 Å². The lowest BCUT2D eigenvalue weighted by Crippen LogP contribution is -2.44. The number of ether oxygens (including phenoxy) is 2. The molecule has 0 unspecified atom stereocenters. The number of aromatic nitrogens is 1. The van der Waals surface area contributed by atoms with Gasteiger partial charge in [-0.25, -0.2) is 0 Å². The summed E-state index contributed by atoms with van der Waals surface area (Å²) in [5, 5.41) is 0. The van der Waals surface area contributed by atoms with Gasteiger partial charge < -0.3 is 9.47 Å². The van der Waals surface area contributed by atoms with Crippen molar-refractivity contribution in [3.63, 3.8) is 0 Å². The Balaban J connectivity index is 2.25. The Labute approximate surface area is 84.1 Å². The van der Waals surface area contributed by atoms with Gasteiger partial charge in [0.05, 0.1) is 0 Å². The van der Waals surface area contributed by atoms with Crippen LogP contribution in [0, 0.1) is 0 Å². The maximum atomic E-state index is 5.68. The van der Waals surface area contributed by atoms with Gasteiger partial charge in [-0.1, -0.05) is 0 Å². The highest BCUT2D eigenvalue weighted by atomic mass is 16.7. The number of pyridine rings is 1. The molecule has 0 atom stereocenters. The van der Waals surface area contributed by atoms with Crippen LogP contribution in [0.1, 0.15) is 25.0 Å². The third-order valence-electron chi connectivity index (χ3n) is 2.49. The smallest absolute Gasteiger partial charge is 0.199 e. The monoisotopic (exact) mass is 193 g/mol. The SMILES string of the molecule is CCOC1(OCC)Cc2cnccc21. The highest BCUT2D eigenvalue weighted by Gasteiger charge is 2.44. The zero-order chi connectivity index (χ0) is 10.0. The van der Waals surface area contributed by atoms with Crippen molar-refractivity contribution in [1.29, 1.82) is 0 Å². The number of hydrogen-bond acceptors (Lipinski definition) is 3. The van der Waals surface area contributed by atoms with E-state index in [1.54, 1.807) is 6.20 Å². The van der Waals surface area contributed by atoms with Crippen LogP contribution in [0.3, 0.4) is 0 Å². The van der Waals surface area contributed by atoms with Crippen LogP contribution in [0.5, 0.6) is 0 Å². The molecule has 1 heterocycles. The zero-order valence-corrected chi connectivity index (χ0v) is 8.62. The summed E-state index contributed by atoms with van der Waals surface area (Å²) >= 11 is 0. The van der Waals surface area contributed by atoms with Gasteiger partial charge in [0.1, 0.15) is 0 Å². The van der Waals surface area contributed by atoms with Crippen molar-refractivity contribution >= 4 is 0 Å². The van der Waals surface area contributed by atoms with Crippen molar-refractivity contribution in [2.45, 2.75) is 26.1 Å². The molecule has 0 amide bonds. The van der Waals surface area contributed by atoms with Crippen molar-refractivity contribution in [3.05, 3.63) is 29.6 Å². The minimum absolute atomic E-state index is 0.484. The van der Waals surface area contributed by atoms with Gasteiger partial charge in [0.15, 0.2) is 5.79 Å². The van der Waals surface area contributed by atoms with E-state index in [9.17, 15) is 0 Å². The summed E-state index contributed by atoms with van der Waals surface area (Å²) in [6.45, 7) is 5.31. The summed E-state index contributed by atoms with van der Waals surface area (Å²) in [4.78, 5) is 4.07. The molecular weight excluding hydrogens is 178 g/mol. The van der Waals surface area contributed by atoms with Crippen LogP contribution in [0.25, 0.3) is 0 Å². The molecular formula is C11H15NO2. The van der Waals surface area contributed by atoms with Gasteiger partial charge in [0.25, 0.3) is 0 Å². The highest BCUT2D eigenvalue weighted by molar-refractivity contribution is 5.38. The fourth-order valence-electron chi connectivity index (χ4n) is 1.94. The molecule has 1 aliphatic rings. The Morgan fingerprint density at radius 3 is 2.64 bits per heavy atom. The molecule has 0 aromatic carbocycles. The molecule has 0 aliphatic heterocycles. The minimum atomic E-state index is -0.484. The Kier molecular flexibility index (Phi) is 2.52. The van der Waals surface area contributed by atoms with Crippen molar-refractivity contribution < 1.29 is 9.47 Å². The predicted molar refractivity (Wildman–Crippen MR) is 52.9 cm³/mol. The molecule has 3 nitrogen and oxygen atoms in total. The molecule has 0 radical (unpaired) electrons. The summed E-state index contributed by atoms with van der Waals surface area (Å²) in [7, 11) is 0. The van der Waals surface area contributed by atoms with Crippen molar-refractivity contribution in [2.75, 3.05) is 13.2 Å². The molecule has 14 heavy (non-hydrogen) atoms. The van der Waals surface area contributed by atoms with Crippen LogP contribution in [0.4, 0.5) is 0 Å². The summed E-state index contributed by atoms with van der Waals surface area (Å²) in [6.07, 6.45) is 4.48. The quantitative estimate of drug-likeness (QED) is 0.684. The van der Waals surface area contributed by atoms with Crippen molar-refractivity contribution in [2.24, 2.45) is 0 Å². The van der Waals surface area contributed by atoms with E-state index in [4.69, 9.17) is 9.47 Å². The van der Waals surface area contributed by atoms with Crippen molar-refractivity contribution in [3.8, 4) is 0 Å². The van der Waals surface area contributed by atoms with Crippen LogP contribution in [-0.4, -0.2) is 18.2 Å². The number of rotatable bonds is 4. The lowest BCUT2D eigenvalue weighted by atomic mass is 9.83. The maximum Gasteiger partial charge on any atom is 0.199 e. The second kappa shape index (κ2) is 3.67. The van der Waals surface area contributed by atoms with E-state index in [0.29, 0.717) is 13.2 Å². The van der Waals surface area contributed by atoms with Gasteiger partial charge in [-0.3, -0.25) is 4.98 Å². The van der Waals surface area contributed by atoms with E-state index in [-0.39, 0.29) is 0 Å². The standard InChI is InChI=1S/C11H15NO2/c1-3-13-11(14-4-2)7-9-8-12-6-5-10(9)11/h5-6,8H,3-4,7H2,1-2H3. The third-order valence-corrected chi connectivity index (χ3v) is 2.49. The molecule has 2 rings (SSSR count). The second-order valence-electron chi connectivity index (χ2n) is 3.33. The summed E-state index contributed by atoms with van der Waals surface area (Å²) in [5.41, 5.74) is 2.37. The molecule has 0 fully saturated rings. The zero-order valence-electron chi connectivity index (χ0n) is 8.62. The first-order valence-corrected chi connectivity index (χ1v) is 5.03. The number of fused-ring (bicyclic) bond motifs is 1. The molecule has 0 bridgehead atoms. The molecule has 0 spiro atoms. The van der Waals surface area contributed by atoms with Gasteiger partial charge >= 0.3 is 0 Å². The average molecular weight is 193 g/mol. The summed E-state index contributed by atoms with van der Waals surface area (Å²) in [5.74, 6) is -0.484. The Morgan fingerprint density at radius 2 is 2.07 bits per heavy atom. The molecule has 3 heteroatoms. The molecule has 0 saturated heterocycles.